The molecule has 0 radical (unpaired) electrons. The Morgan fingerprint density at radius 1 is 1.57 bits per heavy atom. The number of esters is 1. The van der Waals surface area contributed by atoms with Crippen molar-refractivity contribution in [3.8, 4) is 0 Å². The molecule has 1 fully saturated rings. The highest BCUT2D eigenvalue weighted by Gasteiger charge is 2.24. The van der Waals surface area contributed by atoms with Crippen molar-refractivity contribution in [2.75, 3.05) is 6.61 Å². The van der Waals surface area contributed by atoms with E-state index in [1.165, 1.54) is 0 Å². The Bertz CT molecular complexity index is 215. The average molecular weight is 199 g/mol. The first-order valence-electron chi connectivity index (χ1n) is 5.17. The second kappa shape index (κ2) is 5.62. The lowest BCUT2D eigenvalue weighted by Gasteiger charge is -2.08. The molecular weight excluding hydrogens is 182 g/mol. The Morgan fingerprint density at radius 2 is 2.36 bits per heavy atom. The molecule has 4 nitrogen and oxygen atoms in total. The van der Waals surface area contributed by atoms with E-state index in [1.807, 2.05) is 0 Å². The van der Waals surface area contributed by atoms with E-state index in [9.17, 15) is 9.59 Å². The topological polar surface area (TPSA) is 55.4 Å². The van der Waals surface area contributed by atoms with Crippen molar-refractivity contribution in [3.63, 3.8) is 0 Å². The third kappa shape index (κ3) is 3.77. The highest BCUT2D eigenvalue weighted by Crippen LogP contribution is 2.06. The molecule has 0 spiro atoms. The molecule has 0 aromatic carbocycles. The molecule has 1 unspecified atom stereocenters. The molecule has 1 atom stereocenters. The van der Waals surface area contributed by atoms with Crippen LogP contribution >= 0.6 is 0 Å². The summed E-state index contributed by atoms with van der Waals surface area (Å²) in [4.78, 5) is 22.0. The summed E-state index contributed by atoms with van der Waals surface area (Å²) in [6.07, 6.45) is 3.98. The number of ether oxygens (including phenoxy) is 1. The Kier molecular flexibility index (Phi) is 4.43. The van der Waals surface area contributed by atoms with E-state index >= 15 is 0 Å². The lowest BCUT2D eigenvalue weighted by Crippen LogP contribution is -2.34. The summed E-state index contributed by atoms with van der Waals surface area (Å²) < 4.78 is 4.74. The SMILES string of the molecule is CCCCCC(=O)NC1COC(=O)C1. The van der Waals surface area contributed by atoms with Gasteiger partial charge in [0.15, 0.2) is 0 Å². The van der Waals surface area contributed by atoms with Gasteiger partial charge in [-0.25, -0.2) is 0 Å². The number of carbonyl (C=O) groups excluding carboxylic acids is 2. The predicted molar refractivity (Wildman–Crippen MR) is 51.6 cm³/mol. The zero-order valence-corrected chi connectivity index (χ0v) is 8.54. The zero-order valence-electron chi connectivity index (χ0n) is 8.54. The van der Waals surface area contributed by atoms with Gasteiger partial charge in [-0.05, 0) is 6.42 Å². The summed E-state index contributed by atoms with van der Waals surface area (Å²) in [5, 5.41) is 2.78. The Morgan fingerprint density at radius 3 is 2.93 bits per heavy atom. The minimum atomic E-state index is -0.219. The molecule has 0 aromatic heterocycles. The van der Waals surface area contributed by atoms with Gasteiger partial charge >= 0.3 is 5.97 Å². The van der Waals surface area contributed by atoms with Crippen LogP contribution in [-0.4, -0.2) is 24.5 Å². The van der Waals surface area contributed by atoms with Crippen LogP contribution < -0.4 is 5.32 Å². The molecule has 0 aromatic rings. The summed E-state index contributed by atoms with van der Waals surface area (Å²) in [6, 6.07) is -0.100. The number of hydrogen-bond donors (Lipinski definition) is 1. The van der Waals surface area contributed by atoms with Crippen molar-refractivity contribution in [2.24, 2.45) is 0 Å². The van der Waals surface area contributed by atoms with E-state index in [4.69, 9.17) is 4.74 Å². The van der Waals surface area contributed by atoms with Crippen LogP contribution in [-0.2, 0) is 14.3 Å². The first-order chi connectivity index (χ1) is 6.72. The average Bonchev–Trinajstić information content (AvgIpc) is 2.52. The summed E-state index contributed by atoms with van der Waals surface area (Å²) in [5.74, 6) is -0.189. The van der Waals surface area contributed by atoms with E-state index in [2.05, 4.69) is 12.2 Å². The van der Waals surface area contributed by atoms with Crippen molar-refractivity contribution in [1.82, 2.24) is 5.32 Å². The number of cyclic esters (lactones) is 1. The van der Waals surface area contributed by atoms with Gasteiger partial charge in [-0.1, -0.05) is 19.8 Å². The van der Waals surface area contributed by atoms with E-state index < -0.39 is 0 Å². The van der Waals surface area contributed by atoms with Crippen LogP contribution in [0.3, 0.4) is 0 Å². The van der Waals surface area contributed by atoms with Crippen molar-refractivity contribution in [1.29, 1.82) is 0 Å². The standard InChI is InChI=1S/C10H17NO3/c1-2-3-4-5-9(12)11-8-6-10(13)14-7-8/h8H,2-7H2,1H3,(H,11,12). The van der Waals surface area contributed by atoms with E-state index in [-0.39, 0.29) is 17.9 Å². The molecule has 0 aliphatic carbocycles. The highest BCUT2D eigenvalue weighted by molar-refractivity contribution is 5.78. The summed E-state index contributed by atoms with van der Waals surface area (Å²) in [7, 11) is 0. The zero-order chi connectivity index (χ0) is 10.4. The molecule has 1 heterocycles. The number of hydrogen-bond acceptors (Lipinski definition) is 3. The largest absolute Gasteiger partial charge is 0.463 e. The highest BCUT2D eigenvalue weighted by atomic mass is 16.5. The van der Waals surface area contributed by atoms with E-state index in [1.54, 1.807) is 0 Å². The molecule has 0 saturated carbocycles. The maximum absolute atomic E-state index is 11.3. The van der Waals surface area contributed by atoms with Crippen LogP contribution in [0.4, 0.5) is 0 Å². The number of rotatable bonds is 5. The molecule has 1 amide bonds. The summed E-state index contributed by atoms with van der Waals surface area (Å²) in [6.45, 7) is 2.43. The van der Waals surface area contributed by atoms with Crippen molar-refractivity contribution in [2.45, 2.75) is 45.1 Å². The second-order valence-electron chi connectivity index (χ2n) is 3.61. The normalized spacial score (nSPS) is 20.6. The lowest BCUT2D eigenvalue weighted by atomic mass is 10.2. The molecule has 1 saturated heterocycles. The fraction of sp³-hybridized carbons (Fsp3) is 0.800. The minimum Gasteiger partial charge on any atom is -0.463 e. The summed E-state index contributed by atoms with van der Waals surface area (Å²) in [5.41, 5.74) is 0. The van der Waals surface area contributed by atoms with Gasteiger partial charge in [-0.15, -0.1) is 0 Å². The van der Waals surface area contributed by atoms with Gasteiger partial charge in [-0.2, -0.15) is 0 Å². The fourth-order valence-electron chi connectivity index (χ4n) is 1.44. The Balaban J connectivity index is 2.11. The molecular formula is C10H17NO3. The van der Waals surface area contributed by atoms with Crippen LogP contribution in [0.1, 0.15) is 39.0 Å². The maximum Gasteiger partial charge on any atom is 0.308 e. The van der Waals surface area contributed by atoms with Crippen LogP contribution in [0.25, 0.3) is 0 Å². The fourth-order valence-corrected chi connectivity index (χ4v) is 1.44. The number of nitrogens with one attached hydrogen (secondary N) is 1. The van der Waals surface area contributed by atoms with E-state index in [0.717, 1.165) is 19.3 Å². The number of amides is 1. The molecule has 14 heavy (non-hydrogen) atoms. The molecule has 0 bridgehead atoms. The van der Waals surface area contributed by atoms with Crippen LogP contribution in [0.15, 0.2) is 0 Å². The molecule has 1 rings (SSSR count). The molecule has 1 aliphatic rings. The van der Waals surface area contributed by atoms with Gasteiger partial charge in [0, 0.05) is 6.42 Å². The number of carbonyl (C=O) groups is 2. The molecule has 4 heteroatoms. The van der Waals surface area contributed by atoms with Gasteiger partial charge in [0.2, 0.25) is 5.91 Å². The van der Waals surface area contributed by atoms with Crippen molar-refractivity contribution < 1.29 is 14.3 Å². The number of unbranched alkanes of at least 4 members (excludes halogenated alkanes) is 2. The van der Waals surface area contributed by atoms with Crippen LogP contribution in [0, 0.1) is 0 Å². The van der Waals surface area contributed by atoms with Crippen LogP contribution in [0.5, 0.6) is 0 Å². The van der Waals surface area contributed by atoms with Crippen molar-refractivity contribution in [3.05, 3.63) is 0 Å². The second-order valence-corrected chi connectivity index (χ2v) is 3.61. The van der Waals surface area contributed by atoms with Gasteiger partial charge in [-0.3, -0.25) is 9.59 Å². The molecule has 1 N–H and O–H groups in total. The third-order valence-corrected chi connectivity index (χ3v) is 2.23. The van der Waals surface area contributed by atoms with Crippen molar-refractivity contribution >= 4 is 11.9 Å². The monoisotopic (exact) mass is 199 g/mol. The predicted octanol–water partition coefficient (Wildman–Crippen LogP) is 0.998. The molecule has 1 aliphatic heterocycles. The quantitative estimate of drug-likeness (QED) is 0.531. The van der Waals surface area contributed by atoms with Gasteiger partial charge in [0.05, 0.1) is 12.5 Å². The van der Waals surface area contributed by atoms with Gasteiger partial charge < -0.3 is 10.1 Å². The third-order valence-electron chi connectivity index (χ3n) is 2.23. The first-order valence-corrected chi connectivity index (χ1v) is 5.17. The van der Waals surface area contributed by atoms with Gasteiger partial charge in [0.25, 0.3) is 0 Å². The van der Waals surface area contributed by atoms with Crippen LogP contribution in [0.2, 0.25) is 0 Å². The first kappa shape index (κ1) is 11.0. The Hall–Kier alpha value is -1.06. The Labute approximate surface area is 84.0 Å². The maximum atomic E-state index is 11.3. The van der Waals surface area contributed by atoms with E-state index in [0.29, 0.717) is 19.4 Å². The lowest BCUT2D eigenvalue weighted by molar-refractivity contribution is -0.138. The minimum absolute atomic E-state index is 0.0294. The van der Waals surface area contributed by atoms with Gasteiger partial charge in [0.1, 0.15) is 6.61 Å². The summed E-state index contributed by atoms with van der Waals surface area (Å²) >= 11 is 0. The molecule has 80 valence electrons. The smallest absolute Gasteiger partial charge is 0.308 e.